The van der Waals surface area contributed by atoms with Crippen molar-refractivity contribution in [3.8, 4) is 0 Å². The third-order valence-corrected chi connectivity index (χ3v) is 2.61. The SMILES string of the molecule is Cc1[nH]c2cnccc2c1C(O)CCN. The van der Waals surface area contributed by atoms with E-state index in [-0.39, 0.29) is 0 Å². The molecule has 0 spiro atoms. The molecule has 4 nitrogen and oxygen atoms in total. The number of fused-ring (bicyclic) bond motifs is 1. The normalized spacial score (nSPS) is 13.3. The van der Waals surface area contributed by atoms with Gasteiger partial charge in [-0.15, -0.1) is 0 Å². The van der Waals surface area contributed by atoms with Crippen LogP contribution >= 0.6 is 0 Å². The number of hydrogen-bond acceptors (Lipinski definition) is 3. The quantitative estimate of drug-likeness (QED) is 0.706. The molecule has 0 amide bonds. The third kappa shape index (κ3) is 1.73. The monoisotopic (exact) mass is 205 g/mol. The van der Waals surface area contributed by atoms with Crippen molar-refractivity contribution in [2.24, 2.45) is 5.73 Å². The van der Waals surface area contributed by atoms with Crippen LogP contribution in [0.25, 0.3) is 10.9 Å². The summed E-state index contributed by atoms with van der Waals surface area (Å²) >= 11 is 0. The Morgan fingerprint density at radius 1 is 1.60 bits per heavy atom. The molecule has 15 heavy (non-hydrogen) atoms. The summed E-state index contributed by atoms with van der Waals surface area (Å²) in [5, 5.41) is 11.0. The zero-order valence-electron chi connectivity index (χ0n) is 8.70. The van der Waals surface area contributed by atoms with Crippen LogP contribution in [-0.4, -0.2) is 21.6 Å². The molecule has 0 aliphatic heterocycles. The van der Waals surface area contributed by atoms with E-state index in [2.05, 4.69) is 9.97 Å². The second kappa shape index (κ2) is 4.00. The molecule has 0 bridgehead atoms. The number of nitrogens with zero attached hydrogens (tertiary/aromatic N) is 1. The minimum Gasteiger partial charge on any atom is -0.388 e. The molecule has 4 N–H and O–H groups in total. The largest absolute Gasteiger partial charge is 0.388 e. The number of aromatic nitrogens is 2. The highest BCUT2D eigenvalue weighted by Gasteiger charge is 2.15. The topological polar surface area (TPSA) is 74.9 Å². The number of H-pyrrole nitrogens is 1. The molecule has 2 rings (SSSR count). The average molecular weight is 205 g/mol. The standard InChI is InChI=1S/C11H15N3O/c1-7-11(10(15)2-4-12)8-3-5-13-6-9(8)14-7/h3,5-6,10,14-15H,2,4,12H2,1H3. The number of aryl methyl sites for hydroxylation is 1. The first kappa shape index (κ1) is 10.1. The molecule has 1 atom stereocenters. The van der Waals surface area contributed by atoms with Gasteiger partial charge in [0.15, 0.2) is 0 Å². The van der Waals surface area contributed by atoms with E-state index in [4.69, 9.17) is 5.73 Å². The van der Waals surface area contributed by atoms with E-state index in [9.17, 15) is 5.11 Å². The minimum absolute atomic E-state index is 0.484. The average Bonchev–Trinajstić information content (AvgIpc) is 2.54. The molecule has 4 heteroatoms. The van der Waals surface area contributed by atoms with Gasteiger partial charge < -0.3 is 15.8 Å². The molecule has 0 aliphatic carbocycles. The van der Waals surface area contributed by atoms with Gasteiger partial charge in [0.05, 0.1) is 17.8 Å². The maximum Gasteiger partial charge on any atom is 0.0825 e. The Bertz CT molecular complexity index is 464. The Labute approximate surface area is 88.1 Å². The van der Waals surface area contributed by atoms with Crippen molar-refractivity contribution in [3.63, 3.8) is 0 Å². The van der Waals surface area contributed by atoms with E-state index in [1.807, 2.05) is 13.0 Å². The molecule has 2 aromatic heterocycles. The van der Waals surface area contributed by atoms with Crippen molar-refractivity contribution in [3.05, 3.63) is 29.7 Å². The number of rotatable bonds is 3. The van der Waals surface area contributed by atoms with Crippen LogP contribution in [0.1, 0.15) is 23.8 Å². The first-order valence-electron chi connectivity index (χ1n) is 5.04. The Balaban J connectivity index is 2.53. The molecule has 2 heterocycles. The van der Waals surface area contributed by atoms with Gasteiger partial charge in [-0.1, -0.05) is 0 Å². The predicted octanol–water partition coefficient (Wildman–Crippen LogP) is 1.25. The van der Waals surface area contributed by atoms with Crippen molar-refractivity contribution in [1.82, 2.24) is 9.97 Å². The Morgan fingerprint density at radius 2 is 2.40 bits per heavy atom. The summed E-state index contributed by atoms with van der Waals surface area (Å²) in [7, 11) is 0. The molecular weight excluding hydrogens is 190 g/mol. The van der Waals surface area contributed by atoms with E-state index in [0.717, 1.165) is 22.2 Å². The van der Waals surface area contributed by atoms with Gasteiger partial charge in [-0.2, -0.15) is 0 Å². The number of aliphatic hydroxyl groups excluding tert-OH is 1. The maximum atomic E-state index is 9.97. The van der Waals surface area contributed by atoms with E-state index in [1.165, 1.54) is 0 Å². The lowest BCUT2D eigenvalue weighted by molar-refractivity contribution is 0.171. The second-order valence-electron chi connectivity index (χ2n) is 3.68. The van der Waals surface area contributed by atoms with Gasteiger partial charge in [0, 0.05) is 22.8 Å². The highest BCUT2D eigenvalue weighted by atomic mass is 16.3. The summed E-state index contributed by atoms with van der Waals surface area (Å²) in [6, 6.07) is 1.91. The van der Waals surface area contributed by atoms with Crippen molar-refractivity contribution in [2.45, 2.75) is 19.4 Å². The molecule has 0 radical (unpaired) electrons. The highest BCUT2D eigenvalue weighted by molar-refractivity contribution is 5.84. The van der Waals surface area contributed by atoms with E-state index in [1.54, 1.807) is 12.4 Å². The molecule has 0 aliphatic rings. The van der Waals surface area contributed by atoms with Crippen LogP contribution in [-0.2, 0) is 0 Å². The van der Waals surface area contributed by atoms with Crippen LogP contribution in [0.5, 0.6) is 0 Å². The fourth-order valence-corrected chi connectivity index (χ4v) is 1.93. The van der Waals surface area contributed by atoms with Gasteiger partial charge in [-0.05, 0) is 26.0 Å². The van der Waals surface area contributed by atoms with Crippen LogP contribution in [0.2, 0.25) is 0 Å². The van der Waals surface area contributed by atoms with Crippen LogP contribution in [0, 0.1) is 6.92 Å². The zero-order chi connectivity index (χ0) is 10.8. The van der Waals surface area contributed by atoms with Gasteiger partial charge in [0.2, 0.25) is 0 Å². The first-order valence-corrected chi connectivity index (χ1v) is 5.04. The Hall–Kier alpha value is -1.39. The minimum atomic E-state index is -0.494. The fourth-order valence-electron chi connectivity index (χ4n) is 1.93. The smallest absolute Gasteiger partial charge is 0.0825 e. The third-order valence-electron chi connectivity index (χ3n) is 2.61. The summed E-state index contributed by atoms with van der Waals surface area (Å²) in [4.78, 5) is 7.24. The van der Waals surface area contributed by atoms with Gasteiger partial charge in [-0.3, -0.25) is 4.98 Å². The number of nitrogens with one attached hydrogen (secondary N) is 1. The number of pyridine rings is 1. The molecule has 0 saturated carbocycles. The van der Waals surface area contributed by atoms with E-state index >= 15 is 0 Å². The predicted molar refractivity (Wildman–Crippen MR) is 59.5 cm³/mol. The summed E-state index contributed by atoms with van der Waals surface area (Å²) in [5.41, 5.74) is 8.33. The van der Waals surface area contributed by atoms with Gasteiger partial charge >= 0.3 is 0 Å². The van der Waals surface area contributed by atoms with Crippen molar-refractivity contribution in [1.29, 1.82) is 0 Å². The number of aromatic amines is 1. The molecular formula is C11H15N3O. The summed E-state index contributed by atoms with van der Waals surface area (Å²) in [6.45, 7) is 2.44. The Morgan fingerprint density at radius 3 is 3.13 bits per heavy atom. The molecule has 80 valence electrons. The highest BCUT2D eigenvalue weighted by Crippen LogP contribution is 2.28. The molecule has 0 fully saturated rings. The number of hydrogen-bond donors (Lipinski definition) is 3. The maximum absolute atomic E-state index is 9.97. The van der Waals surface area contributed by atoms with E-state index in [0.29, 0.717) is 13.0 Å². The molecule has 0 aromatic carbocycles. The van der Waals surface area contributed by atoms with Gasteiger partial charge in [-0.25, -0.2) is 0 Å². The summed E-state index contributed by atoms with van der Waals surface area (Å²) in [5.74, 6) is 0. The first-order chi connectivity index (χ1) is 7.24. The zero-order valence-corrected chi connectivity index (χ0v) is 8.70. The van der Waals surface area contributed by atoms with Crippen molar-refractivity contribution < 1.29 is 5.11 Å². The number of nitrogens with two attached hydrogens (primary N) is 1. The number of aliphatic hydroxyl groups is 1. The lowest BCUT2D eigenvalue weighted by Crippen LogP contribution is -2.07. The van der Waals surface area contributed by atoms with Crippen molar-refractivity contribution >= 4 is 10.9 Å². The summed E-state index contributed by atoms with van der Waals surface area (Å²) in [6.07, 6.45) is 3.58. The molecule has 1 unspecified atom stereocenters. The van der Waals surface area contributed by atoms with Crippen LogP contribution < -0.4 is 5.73 Å². The molecule has 2 aromatic rings. The van der Waals surface area contributed by atoms with Gasteiger partial charge in [0.1, 0.15) is 0 Å². The van der Waals surface area contributed by atoms with Crippen LogP contribution in [0.3, 0.4) is 0 Å². The van der Waals surface area contributed by atoms with Crippen LogP contribution in [0.15, 0.2) is 18.5 Å². The van der Waals surface area contributed by atoms with Crippen molar-refractivity contribution in [2.75, 3.05) is 6.54 Å². The van der Waals surface area contributed by atoms with Crippen LogP contribution in [0.4, 0.5) is 0 Å². The fraction of sp³-hybridized carbons (Fsp3) is 0.364. The molecule has 0 saturated heterocycles. The summed E-state index contributed by atoms with van der Waals surface area (Å²) < 4.78 is 0. The van der Waals surface area contributed by atoms with Gasteiger partial charge in [0.25, 0.3) is 0 Å². The van der Waals surface area contributed by atoms with E-state index < -0.39 is 6.10 Å². The second-order valence-corrected chi connectivity index (χ2v) is 3.68. The lowest BCUT2D eigenvalue weighted by Gasteiger charge is -2.09. The Kier molecular flexibility index (Phi) is 2.70. The lowest BCUT2D eigenvalue weighted by atomic mass is 10.0.